The van der Waals surface area contributed by atoms with Crippen molar-refractivity contribution >= 4 is 11.6 Å². The van der Waals surface area contributed by atoms with Gasteiger partial charge in [-0.2, -0.15) is 5.10 Å². The number of hydrogen-bond acceptors (Lipinski definition) is 2. The first-order valence-electron chi connectivity index (χ1n) is 6.41. The Balaban J connectivity index is 2.31. The summed E-state index contributed by atoms with van der Waals surface area (Å²) in [5.41, 5.74) is 12.0. The fraction of sp³-hybridized carbons (Fsp3) is 0.400. The molecular weight excluding hydrogens is 258 g/mol. The normalized spacial score (nSPS) is 12.7. The molecule has 0 amide bonds. The molecule has 0 aliphatic carbocycles. The Hall–Kier alpha value is -1.32. The largest absolute Gasteiger partial charge is 0.324 e. The molecular formula is C15H20ClN3. The average Bonchev–Trinajstić information content (AvgIpc) is 2.59. The van der Waals surface area contributed by atoms with Gasteiger partial charge in [0, 0.05) is 18.7 Å². The van der Waals surface area contributed by atoms with Crippen molar-refractivity contribution < 1.29 is 0 Å². The van der Waals surface area contributed by atoms with Crippen molar-refractivity contribution in [1.29, 1.82) is 0 Å². The van der Waals surface area contributed by atoms with Crippen LogP contribution in [0, 0.1) is 20.8 Å². The third-order valence-corrected chi connectivity index (χ3v) is 4.21. The minimum Gasteiger partial charge on any atom is -0.324 e. The second kappa shape index (κ2) is 5.35. The fourth-order valence-corrected chi connectivity index (χ4v) is 2.66. The van der Waals surface area contributed by atoms with Gasteiger partial charge in [-0.25, -0.2) is 0 Å². The Morgan fingerprint density at radius 3 is 2.58 bits per heavy atom. The first kappa shape index (κ1) is 14.1. The van der Waals surface area contributed by atoms with Crippen LogP contribution in [0.2, 0.25) is 5.15 Å². The highest BCUT2D eigenvalue weighted by molar-refractivity contribution is 6.30. The van der Waals surface area contributed by atoms with Crippen LogP contribution >= 0.6 is 11.6 Å². The van der Waals surface area contributed by atoms with Crippen molar-refractivity contribution in [2.45, 2.75) is 33.2 Å². The monoisotopic (exact) mass is 277 g/mol. The van der Waals surface area contributed by atoms with Crippen LogP contribution in [0.4, 0.5) is 0 Å². The van der Waals surface area contributed by atoms with Gasteiger partial charge in [0.15, 0.2) is 0 Å². The van der Waals surface area contributed by atoms with E-state index in [1.165, 1.54) is 16.7 Å². The predicted molar refractivity (Wildman–Crippen MR) is 79.5 cm³/mol. The standard InChI is InChI=1S/C15H20ClN3/c1-9-6-5-7-12(10(9)2)14(17)8-13-11(3)18-19(4)15(13)16/h5-7,14H,8,17H2,1-4H3. The lowest BCUT2D eigenvalue weighted by Crippen LogP contribution is -2.15. The van der Waals surface area contributed by atoms with Crippen LogP contribution in [-0.4, -0.2) is 9.78 Å². The molecule has 0 radical (unpaired) electrons. The van der Waals surface area contributed by atoms with E-state index in [4.69, 9.17) is 17.3 Å². The molecule has 102 valence electrons. The molecule has 2 aromatic rings. The Morgan fingerprint density at radius 2 is 2.00 bits per heavy atom. The van der Waals surface area contributed by atoms with Gasteiger partial charge < -0.3 is 5.73 Å². The van der Waals surface area contributed by atoms with Crippen molar-refractivity contribution in [1.82, 2.24) is 9.78 Å². The van der Waals surface area contributed by atoms with Crippen LogP contribution in [0.3, 0.4) is 0 Å². The number of aryl methyl sites for hydroxylation is 3. The molecule has 2 rings (SSSR count). The summed E-state index contributed by atoms with van der Waals surface area (Å²) in [7, 11) is 1.85. The van der Waals surface area contributed by atoms with E-state index in [-0.39, 0.29) is 6.04 Å². The van der Waals surface area contributed by atoms with Gasteiger partial charge in [0.05, 0.1) is 5.69 Å². The summed E-state index contributed by atoms with van der Waals surface area (Å²) >= 11 is 6.26. The fourth-order valence-electron chi connectivity index (χ4n) is 2.41. The number of nitrogens with two attached hydrogens (primary N) is 1. The number of rotatable bonds is 3. The third kappa shape index (κ3) is 2.67. The number of halogens is 1. The van der Waals surface area contributed by atoms with Crippen molar-refractivity contribution in [3.8, 4) is 0 Å². The van der Waals surface area contributed by atoms with Crippen LogP contribution in [0.15, 0.2) is 18.2 Å². The van der Waals surface area contributed by atoms with Crippen molar-refractivity contribution in [3.63, 3.8) is 0 Å². The molecule has 1 unspecified atom stereocenters. The molecule has 1 aromatic heterocycles. The Morgan fingerprint density at radius 1 is 1.32 bits per heavy atom. The van der Waals surface area contributed by atoms with Gasteiger partial charge in [-0.15, -0.1) is 0 Å². The van der Waals surface area contributed by atoms with Gasteiger partial charge in [-0.05, 0) is 43.9 Å². The summed E-state index contributed by atoms with van der Waals surface area (Å²) in [5, 5.41) is 5.01. The zero-order valence-corrected chi connectivity index (χ0v) is 12.6. The van der Waals surface area contributed by atoms with Crippen LogP contribution in [0.5, 0.6) is 0 Å². The number of aromatic nitrogens is 2. The molecule has 0 saturated heterocycles. The van der Waals surface area contributed by atoms with Gasteiger partial charge in [-0.3, -0.25) is 4.68 Å². The Kier molecular flexibility index (Phi) is 3.97. The highest BCUT2D eigenvalue weighted by atomic mass is 35.5. The van der Waals surface area contributed by atoms with Crippen LogP contribution in [-0.2, 0) is 13.5 Å². The Bertz CT molecular complexity index is 602. The second-order valence-corrected chi connectivity index (χ2v) is 5.44. The van der Waals surface area contributed by atoms with E-state index < -0.39 is 0 Å². The smallest absolute Gasteiger partial charge is 0.130 e. The first-order valence-corrected chi connectivity index (χ1v) is 6.79. The Labute approximate surface area is 119 Å². The molecule has 0 aliphatic heterocycles. The SMILES string of the molecule is Cc1cccc(C(N)Cc2c(C)nn(C)c2Cl)c1C. The topological polar surface area (TPSA) is 43.8 Å². The molecule has 0 saturated carbocycles. The zero-order valence-electron chi connectivity index (χ0n) is 11.9. The van der Waals surface area contributed by atoms with Crippen LogP contribution in [0.25, 0.3) is 0 Å². The van der Waals surface area contributed by atoms with E-state index in [2.05, 4.69) is 37.1 Å². The van der Waals surface area contributed by atoms with Gasteiger partial charge in [0.2, 0.25) is 0 Å². The first-order chi connectivity index (χ1) is 8.91. The minimum atomic E-state index is -0.0553. The molecule has 1 atom stereocenters. The maximum Gasteiger partial charge on any atom is 0.130 e. The quantitative estimate of drug-likeness (QED) is 0.936. The molecule has 0 fully saturated rings. The van der Waals surface area contributed by atoms with E-state index in [9.17, 15) is 0 Å². The van der Waals surface area contributed by atoms with Gasteiger partial charge >= 0.3 is 0 Å². The molecule has 0 aliphatic rings. The molecule has 4 heteroatoms. The van der Waals surface area contributed by atoms with Crippen LogP contribution in [0.1, 0.15) is 34.0 Å². The lowest BCUT2D eigenvalue weighted by atomic mass is 9.94. The van der Waals surface area contributed by atoms with E-state index in [0.29, 0.717) is 11.6 Å². The number of benzene rings is 1. The molecule has 0 bridgehead atoms. The summed E-state index contributed by atoms with van der Waals surface area (Å²) < 4.78 is 1.70. The molecule has 1 aromatic carbocycles. The second-order valence-electron chi connectivity index (χ2n) is 5.08. The number of nitrogens with zero attached hydrogens (tertiary/aromatic N) is 2. The highest BCUT2D eigenvalue weighted by Gasteiger charge is 2.17. The van der Waals surface area contributed by atoms with E-state index in [1.807, 2.05) is 14.0 Å². The van der Waals surface area contributed by atoms with E-state index >= 15 is 0 Å². The molecule has 3 nitrogen and oxygen atoms in total. The van der Waals surface area contributed by atoms with Gasteiger partial charge in [-0.1, -0.05) is 29.8 Å². The molecule has 0 spiro atoms. The van der Waals surface area contributed by atoms with Gasteiger partial charge in [0.1, 0.15) is 5.15 Å². The molecule has 2 N–H and O–H groups in total. The minimum absolute atomic E-state index is 0.0553. The predicted octanol–water partition coefficient (Wildman–Crippen LogP) is 3.24. The third-order valence-electron chi connectivity index (χ3n) is 3.74. The maximum absolute atomic E-state index is 6.35. The summed E-state index contributed by atoms with van der Waals surface area (Å²) in [6.45, 7) is 6.19. The van der Waals surface area contributed by atoms with Crippen molar-refractivity contribution in [2.24, 2.45) is 12.8 Å². The lowest BCUT2D eigenvalue weighted by molar-refractivity contribution is 0.712. The summed E-state index contributed by atoms with van der Waals surface area (Å²) in [5.74, 6) is 0. The lowest BCUT2D eigenvalue weighted by Gasteiger charge is -2.16. The zero-order chi connectivity index (χ0) is 14.2. The highest BCUT2D eigenvalue weighted by Crippen LogP contribution is 2.26. The van der Waals surface area contributed by atoms with Gasteiger partial charge in [0.25, 0.3) is 0 Å². The summed E-state index contributed by atoms with van der Waals surface area (Å²) in [6.07, 6.45) is 0.711. The summed E-state index contributed by atoms with van der Waals surface area (Å²) in [6, 6.07) is 6.19. The van der Waals surface area contributed by atoms with Crippen molar-refractivity contribution in [2.75, 3.05) is 0 Å². The molecule has 1 heterocycles. The summed E-state index contributed by atoms with van der Waals surface area (Å²) in [4.78, 5) is 0. The van der Waals surface area contributed by atoms with E-state index in [0.717, 1.165) is 11.3 Å². The van der Waals surface area contributed by atoms with E-state index in [1.54, 1.807) is 4.68 Å². The van der Waals surface area contributed by atoms with Crippen molar-refractivity contribution in [3.05, 3.63) is 51.3 Å². The average molecular weight is 278 g/mol. The van der Waals surface area contributed by atoms with Crippen LogP contribution < -0.4 is 5.73 Å². The molecule has 19 heavy (non-hydrogen) atoms. The number of hydrogen-bond donors (Lipinski definition) is 1. The maximum atomic E-state index is 6.35.